The number of halogens is 1. The van der Waals surface area contributed by atoms with Gasteiger partial charge in [-0.2, -0.15) is 9.65 Å². The molecule has 1 amide bonds. The second kappa shape index (κ2) is 4.89. The molecule has 1 aliphatic carbocycles. The first-order valence-electron chi connectivity index (χ1n) is 6.04. The van der Waals surface area contributed by atoms with Crippen molar-refractivity contribution in [2.75, 3.05) is 5.32 Å². The lowest BCUT2D eigenvalue weighted by molar-refractivity contribution is -0.387. The molecule has 20 heavy (non-hydrogen) atoms. The normalized spacial score (nSPS) is 24.4. The molecule has 0 saturated heterocycles. The van der Waals surface area contributed by atoms with Crippen LogP contribution < -0.4 is 5.32 Å². The van der Waals surface area contributed by atoms with E-state index in [1.807, 2.05) is 13.0 Å². The molecule has 2 rings (SSSR count). The van der Waals surface area contributed by atoms with Gasteiger partial charge in [-0.15, -0.1) is 0 Å². The molecule has 1 saturated carbocycles. The van der Waals surface area contributed by atoms with Crippen molar-refractivity contribution in [2.24, 2.45) is 11.3 Å². The van der Waals surface area contributed by atoms with Crippen molar-refractivity contribution in [3.63, 3.8) is 0 Å². The van der Waals surface area contributed by atoms with E-state index in [4.69, 9.17) is 5.26 Å². The van der Waals surface area contributed by atoms with Crippen LogP contribution >= 0.6 is 0 Å². The van der Waals surface area contributed by atoms with Gasteiger partial charge >= 0.3 is 5.69 Å². The van der Waals surface area contributed by atoms with Gasteiger partial charge in [0.25, 0.3) is 0 Å². The maximum absolute atomic E-state index is 13.2. The van der Waals surface area contributed by atoms with Crippen LogP contribution in [0.5, 0.6) is 0 Å². The minimum absolute atomic E-state index is 0.109. The summed E-state index contributed by atoms with van der Waals surface area (Å²) in [5.41, 5.74) is -1.68. The number of nitriles is 1. The van der Waals surface area contributed by atoms with E-state index in [2.05, 4.69) is 5.32 Å². The van der Waals surface area contributed by atoms with Gasteiger partial charge in [0, 0.05) is 11.8 Å². The Hall–Kier alpha value is -2.49. The summed E-state index contributed by atoms with van der Waals surface area (Å²) in [5, 5.41) is 22.2. The molecule has 1 aliphatic rings. The van der Waals surface area contributed by atoms with Crippen molar-refractivity contribution in [3.8, 4) is 6.07 Å². The Bertz CT molecular complexity index is 618. The topological polar surface area (TPSA) is 96.0 Å². The number of rotatable bonds is 3. The monoisotopic (exact) mass is 277 g/mol. The number of hydrogen-bond acceptors (Lipinski definition) is 4. The average Bonchev–Trinajstić information content (AvgIpc) is 2.36. The van der Waals surface area contributed by atoms with Crippen LogP contribution in [-0.4, -0.2) is 10.8 Å². The standard InChI is InChI=1S/C13H12FN3O3/c1-8-5-13(6-8,7-15)12(18)16-9-2-3-10(14)11(4-9)17(19)20/h2-4,8H,5-6H2,1H3,(H,16,18). The first kappa shape index (κ1) is 13.9. The van der Waals surface area contributed by atoms with Crippen molar-refractivity contribution < 1.29 is 14.1 Å². The summed E-state index contributed by atoms with van der Waals surface area (Å²) >= 11 is 0. The van der Waals surface area contributed by atoms with Crippen molar-refractivity contribution in [1.82, 2.24) is 0 Å². The Morgan fingerprint density at radius 1 is 1.60 bits per heavy atom. The number of carbonyl (C=O) groups is 1. The highest BCUT2D eigenvalue weighted by Crippen LogP contribution is 2.45. The molecule has 0 atom stereocenters. The number of carbonyl (C=O) groups excluding carboxylic acids is 1. The van der Waals surface area contributed by atoms with E-state index in [9.17, 15) is 19.3 Å². The van der Waals surface area contributed by atoms with Crippen LogP contribution in [0.2, 0.25) is 0 Å². The molecule has 0 aliphatic heterocycles. The lowest BCUT2D eigenvalue weighted by atomic mass is 9.63. The van der Waals surface area contributed by atoms with Gasteiger partial charge in [0.05, 0.1) is 11.0 Å². The fourth-order valence-electron chi connectivity index (χ4n) is 2.44. The van der Waals surface area contributed by atoms with Crippen molar-refractivity contribution in [1.29, 1.82) is 5.26 Å². The zero-order valence-corrected chi connectivity index (χ0v) is 10.7. The second-order valence-corrected chi connectivity index (χ2v) is 5.08. The number of nitro benzene ring substituents is 1. The number of nitro groups is 1. The van der Waals surface area contributed by atoms with Crippen LogP contribution in [-0.2, 0) is 4.79 Å². The van der Waals surface area contributed by atoms with E-state index in [-0.39, 0.29) is 5.69 Å². The summed E-state index contributed by atoms with van der Waals surface area (Å²) in [4.78, 5) is 21.8. The molecule has 0 aromatic heterocycles. The maximum Gasteiger partial charge on any atom is 0.306 e. The third-order valence-electron chi connectivity index (χ3n) is 3.44. The number of hydrogen-bond donors (Lipinski definition) is 1. The molecule has 1 aromatic rings. The van der Waals surface area contributed by atoms with Crippen LogP contribution in [0.1, 0.15) is 19.8 Å². The third-order valence-corrected chi connectivity index (χ3v) is 3.44. The first-order chi connectivity index (χ1) is 9.38. The van der Waals surface area contributed by atoms with Gasteiger partial charge in [-0.1, -0.05) is 6.92 Å². The molecule has 6 nitrogen and oxygen atoms in total. The van der Waals surface area contributed by atoms with Gasteiger partial charge in [0.1, 0.15) is 5.41 Å². The number of nitrogens with zero attached hydrogens (tertiary/aromatic N) is 2. The molecule has 0 spiro atoms. The summed E-state index contributed by atoms with van der Waals surface area (Å²) in [6.07, 6.45) is 0.914. The zero-order chi connectivity index (χ0) is 14.9. The van der Waals surface area contributed by atoms with E-state index < -0.39 is 27.8 Å². The molecule has 1 aromatic carbocycles. The Labute approximate surface area is 114 Å². The highest BCUT2D eigenvalue weighted by molar-refractivity contribution is 5.98. The van der Waals surface area contributed by atoms with E-state index in [1.54, 1.807) is 0 Å². The fourth-order valence-corrected chi connectivity index (χ4v) is 2.44. The highest BCUT2D eigenvalue weighted by Gasteiger charge is 2.49. The molecule has 7 heteroatoms. The van der Waals surface area contributed by atoms with Gasteiger partial charge in [-0.25, -0.2) is 0 Å². The van der Waals surface area contributed by atoms with Gasteiger partial charge in [0.15, 0.2) is 0 Å². The van der Waals surface area contributed by atoms with Crippen LogP contribution in [0.25, 0.3) is 0 Å². The van der Waals surface area contributed by atoms with E-state index in [0.29, 0.717) is 18.8 Å². The molecule has 0 heterocycles. The van der Waals surface area contributed by atoms with Crippen LogP contribution in [0.15, 0.2) is 18.2 Å². The van der Waals surface area contributed by atoms with E-state index in [0.717, 1.165) is 12.1 Å². The average molecular weight is 277 g/mol. The summed E-state index contributed by atoms with van der Waals surface area (Å²) in [6, 6.07) is 5.08. The molecule has 1 fully saturated rings. The minimum atomic E-state index is -1.08. The van der Waals surface area contributed by atoms with Crippen molar-refractivity contribution in [3.05, 3.63) is 34.1 Å². The first-order valence-corrected chi connectivity index (χ1v) is 6.04. The molecular formula is C13H12FN3O3. The zero-order valence-electron chi connectivity index (χ0n) is 10.7. The predicted octanol–water partition coefficient (Wildman–Crippen LogP) is 2.61. The third kappa shape index (κ3) is 2.32. The quantitative estimate of drug-likeness (QED) is 0.678. The van der Waals surface area contributed by atoms with Crippen molar-refractivity contribution in [2.45, 2.75) is 19.8 Å². The molecule has 104 valence electrons. The Morgan fingerprint density at radius 3 is 2.75 bits per heavy atom. The molecule has 1 N–H and O–H groups in total. The lowest BCUT2D eigenvalue weighted by Gasteiger charge is -2.39. The van der Waals surface area contributed by atoms with E-state index in [1.165, 1.54) is 6.07 Å². The summed E-state index contributed by atoms with van der Waals surface area (Å²) < 4.78 is 13.2. The van der Waals surface area contributed by atoms with Crippen LogP contribution in [0.4, 0.5) is 15.8 Å². The van der Waals surface area contributed by atoms with Crippen LogP contribution in [0.3, 0.4) is 0 Å². The van der Waals surface area contributed by atoms with E-state index >= 15 is 0 Å². The SMILES string of the molecule is CC1CC(C#N)(C(=O)Nc2ccc(F)c([N+](=O)[O-])c2)C1. The summed E-state index contributed by atoms with van der Waals surface area (Å²) in [7, 11) is 0. The van der Waals surface area contributed by atoms with Gasteiger partial charge in [-0.05, 0) is 30.9 Å². The largest absolute Gasteiger partial charge is 0.324 e. The smallest absolute Gasteiger partial charge is 0.306 e. The lowest BCUT2D eigenvalue weighted by Crippen LogP contribution is -2.45. The highest BCUT2D eigenvalue weighted by atomic mass is 19.1. The number of benzene rings is 1. The van der Waals surface area contributed by atoms with Gasteiger partial charge in [0.2, 0.25) is 11.7 Å². The number of nitrogens with one attached hydrogen (secondary N) is 1. The van der Waals surface area contributed by atoms with Gasteiger partial charge in [-0.3, -0.25) is 14.9 Å². The Kier molecular flexibility index (Phi) is 3.40. The predicted molar refractivity (Wildman–Crippen MR) is 68.1 cm³/mol. The van der Waals surface area contributed by atoms with Crippen LogP contribution in [0, 0.1) is 38.6 Å². The molecule has 0 radical (unpaired) electrons. The van der Waals surface area contributed by atoms with Crippen molar-refractivity contribution >= 4 is 17.3 Å². The second-order valence-electron chi connectivity index (χ2n) is 5.08. The summed E-state index contributed by atoms with van der Waals surface area (Å²) in [5.74, 6) is -1.18. The Morgan fingerprint density at radius 2 is 2.25 bits per heavy atom. The number of amides is 1. The number of anilines is 1. The Balaban J connectivity index is 2.19. The molecule has 0 unspecified atom stereocenters. The fraction of sp³-hybridized carbons (Fsp3) is 0.385. The van der Waals surface area contributed by atoms with Gasteiger partial charge < -0.3 is 5.32 Å². The molecule has 0 bridgehead atoms. The maximum atomic E-state index is 13.2. The minimum Gasteiger partial charge on any atom is -0.324 e. The summed E-state index contributed by atoms with van der Waals surface area (Å²) in [6.45, 7) is 1.94. The molecular weight excluding hydrogens is 265 g/mol.